The van der Waals surface area contributed by atoms with E-state index in [-0.39, 0.29) is 17.9 Å². The van der Waals surface area contributed by atoms with Gasteiger partial charge in [-0.05, 0) is 48.4 Å². The second-order valence-corrected chi connectivity index (χ2v) is 7.16. The number of pyridine rings is 1. The van der Waals surface area contributed by atoms with Gasteiger partial charge in [0, 0.05) is 24.5 Å². The summed E-state index contributed by atoms with van der Waals surface area (Å²) in [6.45, 7) is 2.62. The van der Waals surface area contributed by atoms with Crippen molar-refractivity contribution in [2.24, 2.45) is 0 Å². The molecule has 0 bridgehead atoms. The number of nitrogens with zero attached hydrogens (tertiary/aromatic N) is 2. The molecule has 2 heterocycles. The van der Waals surface area contributed by atoms with Gasteiger partial charge in [0.25, 0.3) is 11.7 Å². The summed E-state index contributed by atoms with van der Waals surface area (Å²) in [5, 5.41) is 11.1. The molecule has 156 valence electrons. The lowest BCUT2D eigenvalue weighted by atomic mass is 9.95. The Hall–Kier alpha value is -3.93. The van der Waals surface area contributed by atoms with E-state index in [2.05, 4.69) is 4.98 Å². The monoisotopic (exact) mass is 414 g/mol. The molecule has 1 aliphatic heterocycles. The van der Waals surface area contributed by atoms with Gasteiger partial charge in [0.2, 0.25) is 0 Å². The maximum atomic E-state index is 13.0. The number of likely N-dealkylation sites (tertiary alicyclic amines) is 1. The second kappa shape index (κ2) is 8.83. The molecule has 6 heteroatoms. The zero-order valence-corrected chi connectivity index (χ0v) is 17.1. The summed E-state index contributed by atoms with van der Waals surface area (Å²) in [5.41, 5.74) is 2.07. The Bertz CT molecular complexity index is 1110. The van der Waals surface area contributed by atoms with Crippen molar-refractivity contribution in [1.29, 1.82) is 0 Å². The molecule has 1 amide bonds. The van der Waals surface area contributed by atoms with Crippen LogP contribution < -0.4 is 4.74 Å². The number of benzene rings is 2. The zero-order valence-electron chi connectivity index (χ0n) is 17.1. The minimum Gasteiger partial charge on any atom is -0.507 e. The van der Waals surface area contributed by atoms with Gasteiger partial charge in [-0.15, -0.1) is 0 Å². The first kappa shape index (κ1) is 20.3. The van der Waals surface area contributed by atoms with Gasteiger partial charge in [0.1, 0.15) is 11.5 Å². The molecule has 2 aromatic carbocycles. The maximum Gasteiger partial charge on any atom is 0.295 e. The molecule has 1 saturated heterocycles. The predicted molar refractivity (Wildman–Crippen MR) is 116 cm³/mol. The third-order valence-corrected chi connectivity index (χ3v) is 5.17. The van der Waals surface area contributed by atoms with Crippen molar-refractivity contribution in [2.75, 3.05) is 6.61 Å². The van der Waals surface area contributed by atoms with Crippen LogP contribution in [0.15, 0.2) is 84.7 Å². The molecule has 1 aliphatic rings. The molecule has 0 aliphatic carbocycles. The summed E-state index contributed by atoms with van der Waals surface area (Å²) in [5.74, 6) is -0.894. The summed E-state index contributed by atoms with van der Waals surface area (Å²) in [4.78, 5) is 31.6. The highest BCUT2D eigenvalue weighted by molar-refractivity contribution is 6.46. The van der Waals surface area contributed by atoms with Gasteiger partial charge in [-0.25, -0.2) is 0 Å². The summed E-state index contributed by atoms with van der Waals surface area (Å²) in [6, 6.07) is 19.0. The SMILES string of the molecule is CCOc1ccc(C(O)=C2C(=O)C(=O)N(Cc3cccnc3)[C@H]2c2ccccc2)cc1. The van der Waals surface area contributed by atoms with Crippen molar-refractivity contribution < 1.29 is 19.4 Å². The predicted octanol–water partition coefficient (Wildman–Crippen LogP) is 4.10. The van der Waals surface area contributed by atoms with E-state index in [4.69, 9.17) is 4.74 Å². The lowest BCUT2D eigenvalue weighted by molar-refractivity contribution is -0.140. The molecule has 6 nitrogen and oxygen atoms in total. The quantitative estimate of drug-likeness (QED) is 0.373. The van der Waals surface area contributed by atoms with Gasteiger partial charge in [-0.1, -0.05) is 36.4 Å². The average molecular weight is 414 g/mol. The minimum atomic E-state index is -0.705. The van der Waals surface area contributed by atoms with Crippen molar-refractivity contribution in [3.05, 3.63) is 101 Å². The molecule has 1 atom stereocenters. The summed E-state index contributed by atoms with van der Waals surface area (Å²) in [6.07, 6.45) is 3.31. The van der Waals surface area contributed by atoms with Gasteiger partial charge in [-0.2, -0.15) is 0 Å². The number of hydrogen-bond donors (Lipinski definition) is 1. The van der Waals surface area contributed by atoms with E-state index in [1.165, 1.54) is 4.90 Å². The molecular formula is C25H22N2O4. The molecule has 1 aromatic heterocycles. The summed E-state index contributed by atoms with van der Waals surface area (Å²) in [7, 11) is 0. The lowest BCUT2D eigenvalue weighted by Crippen LogP contribution is -2.29. The Balaban J connectivity index is 1.80. The number of carbonyl (C=O) groups is 2. The highest BCUT2D eigenvalue weighted by Crippen LogP contribution is 2.40. The second-order valence-electron chi connectivity index (χ2n) is 7.16. The minimum absolute atomic E-state index is 0.0734. The zero-order chi connectivity index (χ0) is 21.8. The Morgan fingerprint density at radius 1 is 1.03 bits per heavy atom. The number of ether oxygens (including phenoxy) is 1. The van der Waals surface area contributed by atoms with E-state index < -0.39 is 17.7 Å². The number of amides is 1. The lowest BCUT2D eigenvalue weighted by Gasteiger charge is -2.25. The van der Waals surface area contributed by atoms with Gasteiger partial charge >= 0.3 is 0 Å². The van der Waals surface area contributed by atoms with Crippen LogP contribution in [0.5, 0.6) is 5.75 Å². The molecule has 0 unspecified atom stereocenters. The highest BCUT2D eigenvalue weighted by atomic mass is 16.5. The fraction of sp³-hybridized carbons (Fsp3) is 0.160. The van der Waals surface area contributed by atoms with Crippen LogP contribution in [-0.2, 0) is 16.1 Å². The molecule has 0 saturated carbocycles. The molecule has 4 rings (SSSR count). The van der Waals surface area contributed by atoms with E-state index in [0.29, 0.717) is 17.9 Å². The average Bonchev–Trinajstić information content (AvgIpc) is 3.05. The van der Waals surface area contributed by atoms with Gasteiger partial charge in [-0.3, -0.25) is 14.6 Å². The molecule has 1 N–H and O–H groups in total. The molecule has 31 heavy (non-hydrogen) atoms. The molecule has 3 aromatic rings. The van der Waals surface area contributed by atoms with Gasteiger partial charge in [0.15, 0.2) is 0 Å². The number of aliphatic hydroxyl groups is 1. The number of aliphatic hydroxyl groups excluding tert-OH is 1. The smallest absolute Gasteiger partial charge is 0.295 e. The first-order valence-corrected chi connectivity index (χ1v) is 10.1. The number of rotatable bonds is 6. The first-order valence-electron chi connectivity index (χ1n) is 10.1. The molecule has 1 fully saturated rings. The Morgan fingerprint density at radius 2 is 1.77 bits per heavy atom. The van der Waals surface area contributed by atoms with Crippen LogP contribution in [0.2, 0.25) is 0 Å². The fourth-order valence-electron chi connectivity index (χ4n) is 3.74. The van der Waals surface area contributed by atoms with Crippen molar-refractivity contribution in [3.8, 4) is 5.75 Å². The fourth-order valence-corrected chi connectivity index (χ4v) is 3.74. The van der Waals surface area contributed by atoms with E-state index >= 15 is 0 Å². The number of Topliss-reactive ketones (excluding diaryl/α,β-unsaturated/α-hetero) is 1. The Morgan fingerprint density at radius 3 is 2.42 bits per heavy atom. The normalized spacial score (nSPS) is 17.7. The summed E-state index contributed by atoms with van der Waals surface area (Å²) >= 11 is 0. The van der Waals surface area contributed by atoms with Crippen LogP contribution in [-0.4, -0.2) is 33.3 Å². The number of hydrogen-bond acceptors (Lipinski definition) is 5. The maximum absolute atomic E-state index is 13.0. The van der Waals surface area contributed by atoms with Crippen molar-refractivity contribution in [3.63, 3.8) is 0 Å². The van der Waals surface area contributed by atoms with Crippen LogP contribution in [0.4, 0.5) is 0 Å². The van der Waals surface area contributed by atoms with E-state index in [0.717, 1.165) is 11.1 Å². The third kappa shape index (κ3) is 4.05. The topological polar surface area (TPSA) is 79.7 Å². The standard InChI is InChI=1S/C25H22N2O4/c1-2-31-20-12-10-19(11-13-20)23(28)21-22(18-8-4-3-5-9-18)27(25(30)24(21)29)16-17-7-6-14-26-15-17/h3-15,22,28H,2,16H2,1H3/t22-/m0/s1. The number of carbonyl (C=O) groups excluding carboxylic acids is 2. The third-order valence-electron chi connectivity index (χ3n) is 5.17. The van der Waals surface area contributed by atoms with Crippen LogP contribution in [0.25, 0.3) is 5.76 Å². The van der Waals surface area contributed by atoms with E-state index in [9.17, 15) is 14.7 Å². The van der Waals surface area contributed by atoms with Crippen LogP contribution in [0.1, 0.15) is 29.7 Å². The molecule has 0 radical (unpaired) electrons. The van der Waals surface area contributed by atoms with Crippen LogP contribution in [0.3, 0.4) is 0 Å². The van der Waals surface area contributed by atoms with Crippen LogP contribution in [0, 0.1) is 0 Å². The van der Waals surface area contributed by atoms with E-state index in [1.54, 1.807) is 42.7 Å². The van der Waals surface area contributed by atoms with Crippen molar-refractivity contribution in [2.45, 2.75) is 19.5 Å². The van der Waals surface area contributed by atoms with Gasteiger partial charge < -0.3 is 14.7 Å². The van der Waals surface area contributed by atoms with Crippen molar-refractivity contribution >= 4 is 17.4 Å². The van der Waals surface area contributed by atoms with Crippen molar-refractivity contribution in [1.82, 2.24) is 9.88 Å². The number of ketones is 1. The molecular weight excluding hydrogens is 392 g/mol. The highest BCUT2D eigenvalue weighted by Gasteiger charge is 2.46. The molecule has 0 spiro atoms. The Kier molecular flexibility index (Phi) is 5.80. The Labute approximate surface area is 180 Å². The number of aromatic nitrogens is 1. The van der Waals surface area contributed by atoms with Gasteiger partial charge in [0.05, 0.1) is 18.2 Å². The first-order chi connectivity index (χ1) is 15.1. The van der Waals surface area contributed by atoms with Crippen LogP contribution >= 0.6 is 0 Å². The van der Waals surface area contributed by atoms with E-state index in [1.807, 2.05) is 43.3 Å². The summed E-state index contributed by atoms with van der Waals surface area (Å²) < 4.78 is 5.45. The largest absolute Gasteiger partial charge is 0.507 e.